The van der Waals surface area contributed by atoms with Gasteiger partial charge in [-0.3, -0.25) is 4.79 Å². The molecule has 1 atom stereocenters. The van der Waals surface area contributed by atoms with Gasteiger partial charge in [0.1, 0.15) is 18.0 Å². The molecule has 1 aromatic carbocycles. The Hall–Kier alpha value is -1.62. The standard InChI is InChI=1S/C12H16FNO3/c1-17-10-4-2-9(3-5-10)6-7-12(14,8-13)11(15)16/h2-5H,6-8,14H2,1H3,(H,15,16). The van der Waals surface area contributed by atoms with Crippen LogP contribution in [0.15, 0.2) is 24.3 Å². The van der Waals surface area contributed by atoms with E-state index in [2.05, 4.69) is 0 Å². The highest BCUT2D eigenvalue weighted by Gasteiger charge is 2.33. The molecule has 0 fully saturated rings. The topological polar surface area (TPSA) is 72.5 Å². The Kier molecular flexibility index (Phi) is 4.45. The smallest absolute Gasteiger partial charge is 0.326 e. The van der Waals surface area contributed by atoms with Crippen LogP contribution in [-0.4, -0.2) is 30.4 Å². The summed E-state index contributed by atoms with van der Waals surface area (Å²) in [4.78, 5) is 10.8. The number of hydrogen-bond donors (Lipinski definition) is 2. The first-order valence-electron chi connectivity index (χ1n) is 5.23. The van der Waals surface area contributed by atoms with Gasteiger partial charge in [0.15, 0.2) is 0 Å². The fourth-order valence-electron chi connectivity index (χ4n) is 1.39. The normalized spacial score (nSPS) is 14.1. The molecule has 0 bridgehead atoms. The van der Waals surface area contributed by atoms with Gasteiger partial charge in [0.05, 0.1) is 7.11 Å². The zero-order chi connectivity index (χ0) is 12.9. The summed E-state index contributed by atoms with van der Waals surface area (Å²) in [6.07, 6.45) is 0.474. The zero-order valence-electron chi connectivity index (χ0n) is 9.65. The second-order valence-corrected chi connectivity index (χ2v) is 3.94. The van der Waals surface area contributed by atoms with Crippen LogP contribution in [0.25, 0.3) is 0 Å². The lowest BCUT2D eigenvalue weighted by Gasteiger charge is -2.20. The fourth-order valence-corrected chi connectivity index (χ4v) is 1.39. The van der Waals surface area contributed by atoms with Crippen LogP contribution in [0, 0.1) is 0 Å². The molecule has 0 aliphatic heterocycles. The summed E-state index contributed by atoms with van der Waals surface area (Å²) in [5, 5.41) is 8.81. The first kappa shape index (κ1) is 13.4. The highest BCUT2D eigenvalue weighted by molar-refractivity contribution is 5.78. The van der Waals surface area contributed by atoms with E-state index in [0.29, 0.717) is 6.42 Å². The Labute approximate surface area is 99.2 Å². The molecule has 3 N–H and O–H groups in total. The van der Waals surface area contributed by atoms with Gasteiger partial charge in [-0.2, -0.15) is 0 Å². The molecule has 0 amide bonds. The summed E-state index contributed by atoms with van der Waals surface area (Å²) in [6, 6.07) is 7.14. The quantitative estimate of drug-likeness (QED) is 0.789. The van der Waals surface area contributed by atoms with E-state index >= 15 is 0 Å². The van der Waals surface area contributed by atoms with Gasteiger partial charge in [-0.05, 0) is 30.5 Å². The molecule has 1 rings (SSSR count). The summed E-state index contributed by atoms with van der Waals surface area (Å²) >= 11 is 0. The van der Waals surface area contributed by atoms with E-state index in [1.54, 1.807) is 31.4 Å². The number of carboxylic acids is 1. The van der Waals surface area contributed by atoms with Gasteiger partial charge in [0, 0.05) is 0 Å². The number of aryl methyl sites for hydroxylation is 1. The lowest BCUT2D eigenvalue weighted by molar-refractivity contribution is -0.144. The fraction of sp³-hybridized carbons (Fsp3) is 0.417. The average molecular weight is 241 g/mol. The third-order valence-electron chi connectivity index (χ3n) is 2.68. The van der Waals surface area contributed by atoms with Crippen molar-refractivity contribution in [1.82, 2.24) is 0 Å². The van der Waals surface area contributed by atoms with E-state index in [1.165, 1.54) is 0 Å². The third kappa shape index (κ3) is 3.42. The number of carboxylic acid groups (broad SMARTS) is 1. The molecule has 1 aromatic rings. The molecule has 0 saturated heterocycles. The average Bonchev–Trinajstić information content (AvgIpc) is 2.36. The molecule has 0 spiro atoms. The number of ether oxygens (including phenoxy) is 1. The van der Waals surface area contributed by atoms with Crippen molar-refractivity contribution in [1.29, 1.82) is 0 Å². The molecule has 5 heteroatoms. The van der Waals surface area contributed by atoms with Crippen molar-refractivity contribution in [2.45, 2.75) is 18.4 Å². The molecular weight excluding hydrogens is 225 g/mol. The number of carbonyl (C=O) groups is 1. The maximum absolute atomic E-state index is 12.6. The second kappa shape index (κ2) is 5.63. The minimum Gasteiger partial charge on any atom is -0.497 e. The van der Waals surface area contributed by atoms with Crippen LogP contribution < -0.4 is 10.5 Å². The lowest BCUT2D eigenvalue weighted by Crippen LogP contribution is -2.50. The van der Waals surface area contributed by atoms with Gasteiger partial charge in [-0.25, -0.2) is 4.39 Å². The van der Waals surface area contributed by atoms with Crippen LogP contribution in [0.2, 0.25) is 0 Å². The van der Waals surface area contributed by atoms with Gasteiger partial charge >= 0.3 is 5.97 Å². The predicted molar refractivity (Wildman–Crippen MR) is 61.8 cm³/mol. The highest BCUT2D eigenvalue weighted by atomic mass is 19.1. The van der Waals surface area contributed by atoms with Crippen LogP contribution in [0.1, 0.15) is 12.0 Å². The number of aliphatic carboxylic acids is 1. The minimum atomic E-state index is -1.79. The number of rotatable bonds is 6. The Morgan fingerprint density at radius 2 is 2.06 bits per heavy atom. The Morgan fingerprint density at radius 1 is 1.47 bits per heavy atom. The highest BCUT2D eigenvalue weighted by Crippen LogP contribution is 2.16. The molecule has 0 aliphatic carbocycles. The van der Waals surface area contributed by atoms with Gasteiger partial charge in [-0.15, -0.1) is 0 Å². The number of benzene rings is 1. The van der Waals surface area contributed by atoms with Gasteiger partial charge in [0.25, 0.3) is 0 Å². The van der Waals surface area contributed by atoms with Gasteiger partial charge in [0.2, 0.25) is 0 Å². The van der Waals surface area contributed by atoms with Crippen molar-refractivity contribution in [2.75, 3.05) is 13.8 Å². The zero-order valence-corrected chi connectivity index (χ0v) is 9.65. The van der Waals surface area contributed by atoms with Crippen molar-refractivity contribution in [3.05, 3.63) is 29.8 Å². The molecule has 17 heavy (non-hydrogen) atoms. The minimum absolute atomic E-state index is 0.0607. The summed E-state index contributed by atoms with van der Waals surface area (Å²) in [5.41, 5.74) is 4.55. The molecule has 0 aromatic heterocycles. The number of hydrogen-bond acceptors (Lipinski definition) is 3. The Balaban J connectivity index is 2.63. The first-order valence-corrected chi connectivity index (χ1v) is 5.23. The SMILES string of the molecule is COc1ccc(CCC(N)(CF)C(=O)O)cc1. The van der Waals surface area contributed by atoms with Crippen molar-refractivity contribution >= 4 is 5.97 Å². The molecule has 4 nitrogen and oxygen atoms in total. The number of alkyl halides is 1. The van der Waals surface area contributed by atoms with Crippen LogP contribution in [0.5, 0.6) is 5.75 Å². The van der Waals surface area contributed by atoms with Crippen molar-refractivity contribution < 1.29 is 19.0 Å². The number of nitrogens with two attached hydrogens (primary N) is 1. The van der Waals surface area contributed by atoms with Crippen molar-refractivity contribution in [3.8, 4) is 5.75 Å². The summed E-state index contributed by atoms with van der Waals surface area (Å²) in [7, 11) is 1.56. The van der Waals surface area contributed by atoms with Crippen LogP contribution in [0.3, 0.4) is 0 Å². The second-order valence-electron chi connectivity index (χ2n) is 3.94. The Bertz CT molecular complexity index is 380. The van der Waals surface area contributed by atoms with Gasteiger partial charge in [-0.1, -0.05) is 12.1 Å². The van der Waals surface area contributed by atoms with Gasteiger partial charge < -0.3 is 15.6 Å². The summed E-state index contributed by atoms with van der Waals surface area (Å²) < 4.78 is 17.6. The summed E-state index contributed by atoms with van der Waals surface area (Å²) in [6.45, 7) is -1.07. The van der Waals surface area contributed by atoms with Crippen LogP contribution >= 0.6 is 0 Å². The molecule has 1 unspecified atom stereocenters. The molecule has 94 valence electrons. The molecule has 0 saturated carbocycles. The monoisotopic (exact) mass is 241 g/mol. The molecular formula is C12H16FNO3. The Morgan fingerprint density at radius 3 is 2.47 bits per heavy atom. The van der Waals surface area contributed by atoms with Crippen molar-refractivity contribution in [3.63, 3.8) is 0 Å². The summed E-state index contributed by atoms with van der Waals surface area (Å²) in [5.74, 6) is -0.593. The number of halogens is 1. The van der Waals surface area contributed by atoms with Crippen molar-refractivity contribution in [2.24, 2.45) is 5.73 Å². The van der Waals surface area contributed by atoms with E-state index in [1.807, 2.05) is 0 Å². The lowest BCUT2D eigenvalue weighted by atomic mass is 9.94. The van der Waals surface area contributed by atoms with Crippen LogP contribution in [0.4, 0.5) is 4.39 Å². The van der Waals surface area contributed by atoms with E-state index in [9.17, 15) is 9.18 Å². The van der Waals surface area contributed by atoms with E-state index < -0.39 is 18.2 Å². The molecule has 0 heterocycles. The maximum atomic E-state index is 12.6. The van der Waals surface area contributed by atoms with E-state index in [4.69, 9.17) is 15.6 Å². The largest absolute Gasteiger partial charge is 0.497 e. The van der Waals surface area contributed by atoms with E-state index in [-0.39, 0.29) is 6.42 Å². The maximum Gasteiger partial charge on any atom is 0.326 e. The molecule has 0 radical (unpaired) electrons. The van der Waals surface area contributed by atoms with Crippen LogP contribution in [-0.2, 0) is 11.2 Å². The predicted octanol–water partition coefficient (Wildman–Crippen LogP) is 1.38. The van der Waals surface area contributed by atoms with E-state index in [0.717, 1.165) is 11.3 Å². The molecule has 0 aliphatic rings. The third-order valence-corrected chi connectivity index (χ3v) is 2.68. The first-order chi connectivity index (χ1) is 8.01. The number of methoxy groups -OCH3 is 1.